The molecule has 1 aromatic heterocycles. The molecular formula is C18H21F3N4O3. The van der Waals surface area contributed by atoms with Crippen LogP contribution in [-0.2, 0) is 6.18 Å². The zero-order valence-corrected chi connectivity index (χ0v) is 15.5. The van der Waals surface area contributed by atoms with Crippen molar-refractivity contribution >= 4 is 22.5 Å². The third-order valence-electron chi connectivity index (χ3n) is 5.03. The monoisotopic (exact) mass is 398 g/mol. The molecule has 2 heterocycles. The molecule has 7 nitrogen and oxygen atoms in total. The fourth-order valence-corrected chi connectivity index (χ4v) is 3.59. The van der Waals surface area contributed by atoms with E-state index in [1.54, 1.807) is 0 Å². The van der Waals surface area contributed by atoms with E-state index in [1.807, 2.05) is 11.8 Å². The van der Waals surface area contributed by atoms with Gasteiger partial charge in [0, 0.05) is 49.9 Å². The van der Waals surface area contributed by atoms with Crippen molar-refractivity contribution in [3.05, 3.63) is 40.0 Å². The van der Waals surface area contributed by atoms with Crippen molar-refractivity contribution in [1.82, 2.24) is 5.32 Å². The summed E-state index contributed by atoms with van der Waals surface area (Å²) in [5.41, 5.74) is -3.00. The molecule has 28 heavy (non-hydrogen) atoms. The molecule has 1 aromatic carbocycles. The van der Waals surface area contributed by atoms with Gasteiger partial charge in [-0.25, -0.2) is 0 Å². The number of aromatic nitrogens is 2. The predicted molar refractivity (Wildman–Crippen MR) is 95.8 cm³/mol. The maximum absolute atomic E-state index is 13.4. The van der Waals surface area contributed by atoms with Gasteiger partial charge in [-0.05, 0) is 12.5 Å². The number of rotatable bonds is 4. The maximum atomic E-state index is 13.4. The molecule has 10 heteroatoms. The number of alkyl halides is 3. The van der Waals surface area contributed by atoms with Gasteiger partial charge in [0.05, 0.1) is 0 Å². The summed E-state index contributed by atoms with van der Waals surface area (Å²) < 4.78 is 39.9. The first-order valence-corrected chi connectivity index (χ1v) is 9.11. The topological polar surface area (TPSA) is 86.2 Å². The van der Waals surface area contributed by atoms with Crippen LogP contribution in [0, 0.1) is 10.4 Å². The van der Waals surface area contributed by atoms with E-state index >= 15 is 0 Å². The Labute approximate surface area is 159 Å². The van der Waals surface area contributed by atoms with E-state index in [1.165, 1.54) is 25.1 Å². The number of hydrogen-bond donors (Lipinski definition) is 1. The molecule has 1 N–H and O–H groups in total. The molecule has 152 valence electrons. The zero-order chi connectivity index (χ0) is 20.6. The minimum atomic E-state index is -5.13. The number of halogens is 3. The first kappa shape index (κ1) is 20.1. The molecule has 3 rings (SSSR count). The van der Waals surface area contributed by atoms with E-state index < -0.39 is 28.9 Å². The second-order valence-electron chi connectivity index (χ2n) is 6.69. The third kappa shape index (κ3) is 3.32. The van der Waals surface area contributed by atoms with Crippen LogP contribution in [0.3, 0.4) is 0 Å². The van der Waals surface area contributed by atoms with E-state index in [-0.39, 0.29) is 27.4 Å². The molecule has 1 saturated heterocycles. The molecule has 1 aliphatic rings. The van der Waals surface area contributed by atoms with Crippen molar-refractivity contribution in [3.8, 4) is 0 Å². The van der Waals surface area contributed by atoms with Crippen LogP contribution in [-0.4, -0.2) is 31.5 Å². The van der Waals surface area contributed by atoms with E-state index in [4.69, 9.17) is 0 Å². The highest BCUT2D eigenvalue weighted by molar-refractivity contribution is 5.94. The second-order valence-corrected chi connectivity index (χ2v) is 6.69. The maximum Gasteiger partial charge on any atom is 0.486 e. The highest BCUT2D eigenvalue weighted by atomic mass is 19.4. The van der Waals surface area contributed by atoms with Crippen molar-refractivity contribution in [3.63, 3.8) is 0 Å². The molecule has 1 fully saturated rings. The number of nitrogens with zero attached hydrogens (tertiary/aromatic N) is 3. The summed E-state index contributed by atoms with van der Waals surface area (Å²) in [4.78, 5) is 14.1. The first-order valence-electron chi connectivity index (χ1n) is 9.11. The largest absolute Gasteiger partial charge is 0.618 e. The number of ketones is 1. The Kier molecular flexibility index (Phi) is 5.33. The Morgan fingerprint density at radius 2 is 1.96 bits per heavy atom. The van der Waals surface area contributed by atoms with Crippen LogP contribution in [0.4, 0.5) is 18.9 Å². The molecular weight excluding hydrogens is 377 g/mol. The van der Waals surface area contributed by atoms with E-state index in [0.717, 1.165) is 19.5 Å². The lowest BCUT2D eigenvalue weighted by Gasteiger charge is -2.37. The number of fused-ring (bicyclic) bond motifs is 1. The molecule has 0 radical (unpaired) electrons. The van der Waals surface area contributed by atoms with Gasteiger partial charge in [-0.2, -0.15) is 17.9 Å². The van der Waals surface area contributed by atoms with Crippen LogP contribution in [0.2, 0.25) is 0 Å². The number of hydrogen-bond acceptors (Lipinski definition) is 5. The lowest BCUT2D eigenvalue weighted by molar-refractivity contribution is -0.647. The van der Waals surface area contributed by atoms with Crippen LogP contribution in [0.15, 0.2) is 18.2 Å². The summed E-state index contributed by atoms with van der Waals surface area (Å²) in [6.45, 7) is 5.46. The standard InChI is InChI=1S/C18H21F3N4O3/c1-3-11-10-22-7-8-23(11)12-5-6-13-14(9-12)24(27)16(15(26)4-2)17(25(13)28)18(19,20)21/h5-6,9,11,22H,3-4,7-8,10H2,1-2H3. The predicted octanol–water partition coefficient (Wildman–Crippen LogP) is 1.91. The Morgan fingerprint density at radius 1 is 1.25 bits per heavy atom. The smallest absolute Gasteiger partial charge is 0.486 e. The van der Waals surface area contributed by atoms with Crippen molar-refractivity contribution < 1.29 is 27.4 Å². The minimum Gasteiger partial charge on any atom is -0.618 e. The normalized spacial score (nSPS) is 17.9. The number of carbonyl (C=O) groups excluding carboxylic acids is 1. The van der Waals surface area contributed by atoms with Gasteiger partial charge in [-0.3, -0.25) is 4.79 Å². The molecule has 1 atom stereocenters. The summed E-state index contributed by atoms with van der Waals surface area (Å²) in [7, 11) is 0. The van der Waals surface area contributed by atoms with E-state index in [2.05, 4.69) is 5.32 Å². The lowest BCUT2D eigenvalue weighted by Crippen LogP contribution is -2.52. The molecule has 1 unspecified atom stereocenters. The second kappa shape index (κ2) is 7.42. The number of carbonyl (C=O) groups is 1. The highest BCUT2D eigenvalue weighted by Crippen LogP contribution is 2.31. The first-order chi connectivity index (χ1) is 13.2. The molecule has 0 saturated carbocycles. The average Bonchev–Trinajstić information content (AvgIpc) is 2.68. The lowest BCUT2D eigenvalue weighted by atomic mass is 10.1. The van der Waals surface area contributed by atoms with Crippen LogP contribution >= 0.6 is 0 Å². The molecule has 1 aliphatic heterocycles. The zero-order valence-electron chi connectivity index (χ0n) is 15.5. The highest BCUT2D eigenvalue weighted by Gasteiger charge is 2.50. The van der Waals surface area contributed by atoms with Crippen LogP contribution in [0.5, 0.6) is 0 Å². The number of benzene rings is 1. The van der Waals surface area contributed by atoms with Crippen LogP contribution < -0.4 is 19.7 Å². The van der Waals surface area contributed by atoms with Gasteiger partial charge in [-0.1, -0.05) is 13.8 Å². The molecule has 0 bridgehead atoms. The fourth-order valence-electron chi connectivity index (χ4n) is 3.59. The van der Waals surface area contributed by atoms with E-state index in [9.17, 15) is 28.4 Å². The Hall–Kier alpha value is -2.62. The third-order valence-corrected chi connectivity index (χ3v) is 5.03. The number of piperazine rings is 1. The number of nitrogens with one attached hydrogen (secondary N) is 1. The summed E-state index contributed by atoms with van der Waals surface area (Å²) in [5.74, 6) is -1.03. The van der Waals surface area contributed by atoms with Crippen molar-refractivity contribution in [2.24, 2.45) is 0 Å². The molecule has 0 aliphatic carbocycles. The molecule has 2 aromatic rings. The summed E-state index contributed by atoms with van der Waals surface area (Å²) in [6, 6.07) is 4.27. The van der Waals surface area contributed by atoms with Crippen molar-refractivity contribution in [1.29, 1.82) is 0 Å². The molecule has 0 spiro atoms. The van der Waals surface area contributed by atoms with Gasteiger partial charge in [-0.15, -0.1) is 4.73 Å². The minimum absolute atomic E-state index is 0.0506. The average molecular weight is 398 g/mol. The van der Waals surface area contributed by atoms with Gasteiger partial charge in [0.2, 0.25) is 5.78 Å². The van der Waals surface area contributed by atoms with Crippen LogP contribution in [0.1, 0.15) is 42.9 Å². The summed E-state index contributed by atoms with van der Waals surface area (Å²) in [5, 5.41) is 28.5. The van der Waals surface area contributed by atoms with Gasteiger partial charge >= 0.3 is 17.6 Å². The van der Waals surface area contributed by atoms with E-state index in [0.29, 0.717) is 12.2 Å². The Balaban J connectivity index is 2.26. The summed E-state index contributed by atoms with van der Waals surface area (Å²) >= 11 is 0. The number of anilines is 1. The fraction of sp³-hybridized carbons (Fsp3) is 0.500. The van der Waals surface area contributed by atoms with Gasteiger partial charge < -0.3 is 20.6 Å². The van der Waals surface area contributed by atoms with Gasteiger partial charge in [0.1, 0.15) is 0 Å². The van der Waals surface area contributed by atoms with Gasteiger partial charge in [0.25, 0.3) is 11.0 Å². The van der Waals surface area contributed by atoms with Gasteiger partial charge in [0.15, 0.2) is 0 Å². The number of Topliss-reactive ketones (excluding diaryl/α,β-unsaturated/α-hetero) is 1. The van der Waals surface area contributed by atoms with Crippen molar-refractivity contribution in [2.75, 3.05) is 24.5 Å². The SMILES string of the molecule is CCC(=O)c1c(C(F)(F)F)[n+]([O-])c2ccc(N3CCNCC3CC)cc2[n+]1[O-]. The van der Waals surface area contributed by atoms with Crippen LogP contribution in [0.25, 0.3) is 11.0 Å². The quantitative estimate of drug-likeness (QED) is 0.483. The van der Waals surface area contributed by atoms with Crippen molar-refractivity contribution in [2.45, 2.75) is 38.9 Å². The summed E-state index contributed by atoms with van der Waals surface area (Å²) in [6.07, 6.45) is -4.63. The Bertz CT molecular complexity index is 917. The Morgan fingerprint density at radius 3 is 2.57 bits per heavy atom. The molecule has 0 amide bonds.